The van der Waals surface area contributed by atoms with Gasteiger partial charge in [0.1, 0.15) is 35.8 Å². The van der Waals surface area contributed by atoms with Crippen molar-refractivity contribution in [2.75, 3.05) is 23.7 Å². The van der Waals surface area contributed by atoms with Crippen molar-refractivity contribution in [3.63, 3.8) is 0 Å². The molecular weight excluding hydrogens is 494 g/mol. The van der Waals surface area contributed by atoms with Gasteiger partial charge in [0.25, 0.3) is 0 Å². The lowest BCUT2D eigenvalue weighted by molar-refractivity contribution is 0.236. The van der Waals surface area contributed by atoms with Crippen LogP contribution in [-0.2, 0) is 6.54 Å². The molecular formula is C31H42F2N6. The van der Waals surface area contributed by atoms with E-state index in [1.165, 1.54) is 38.1 Å². The number of nitrogens with zero attached hydrogens (tertiary/aromatic N) is 5. The van der Waals surface area contributed by atoms with E-state index in [0.29, 0.717) is 30.3 Å². The highest BCUT2D eigenvalue weighted by Gasteiger charge is 2.36. The molecule has 2 fully saturated rings. The minimum atomic E-state index is -1.11. The Hall–Kier alpha value is -3.03. The smallest absolute Gasteiger partial charge is 0.137 e. The normalized spacial score (nSPS) is 21.2. The van der Waals surface area contributed by atoms with Gasteiger partial charge in [0.15, 0.2) is 0 Å². The van der Waals surface area contributed by atoms with E-state index in [4.69, 9.17) is 10.7 Å². The number of anilines is 2. The van der Waals surface area contributed by atoms with Crippen molar-refractivity contribution in [1.82, 2.24) is 19.5 Å². The highest BCUT2D eigenvalue weighted by atomic mass is 19.1. The summed E-state index contributed by atoms with van der Waals surface area (Å²) >= 11 is 0. The van der Waals surface area contributed by atoms with Crippen molar-refractivity contribution in [1.29, 1.82) is 0 Å². The zero-order chi connectivity index (χ0) is 27.7. The maximum atomic E-state index is 16.0. The van der Waals surface area contributed by atoms with Crippen LogP contribution in [0.1, 0.15) is 88.1 Å². The zero-order valence-corrected chi connectivity index (χ0v) is 23.7. The molecule has 6 nitrogen and oxygen atoms in total. The lowest BCUT2D eigenvalue weighted by Crippen LogP contribution is -2.42. The summed E-state index contributed by atoms with van der Waals surface area (Å²) in [6.07, 6.45) is 9.37. The minimum absolute atomic E-state index is 0.138. The number of benzene rings is 1. The van der Waals surface area contributed by atoms with Crippen LogP contribution in [-0.4, -0.2) is 38.8 Å². The van der Waals surface area contributed by atoms with Gasteiger partial charge >= 0.3 is 0 Å². The predicted molar refractivity (Wildman–Crippen MR) is 153 cm³/mol. The van der Waals surface area contributed by atoms with E-state index < -0.39 is 6.17 Å². The van der Waals surface area contributed by atoms with Gasteiger partial charge in [-0.15, -0.1) is 0 Å². The molecule has 2 aromatic heterocycles. The summed E-state index contributed by atoms with van der Waals surface area (Å²) in [7, 11) is 0. The second kappa shape index (κ2) is 11.6. The maximum absolute atomic E-state index is 16.0. The Morgan fingerprint density at radius 3 is 2.56 bits per heavy atom. The van der Waals surface area contributed by atoms with Gasteiger partial charge in [-0.25, -0.2) is 23.7 Å². The van der Waals surface area contributed by atoms with Crippen molar-refractivity contribution in [2.24, 2.45) is 11.8 Å². The molecule has 3 unspecified atom stereocenters. The fourth-order valence-corrected chi connectivity index (χ4v) is 6.55. The fourth-order valence-electron chi connectivity index (χ4n) is 6.55. The molecule has 0 spiro atoms. The number of piperidine rings is 1. The number of rotatable bonds is 8. The van der Waals surface area contributed by atoms with Gasteiger partial charge in [-0.1, -0.05) is 46.5 Å². The number of nitrogen functional groups attached to an aromatic ring is 1. The Morgan fingerprint density at radius 1 is 1.10 bits per heavy atom. The SMILES string of the molecule is Cc1cc(-c2cn(CCC(C)C3CCCC3)c(C3CCN(c4ncnc(N)c4C(C)C)CC3F)n2)ccc1F. The average molecular weight is 537 g/mol. The lowest BCUT2D eigenvalue weighted by Gasteiger charge is -2.36. The molecule has 3 aromatic rings. The van der Waals surface area contributed by atoms with Crippen LogP contribution in [0.3, 0.4) is 0 Å². The van der Waals surface area contributed by atoms with Gasteiger partial charge < -0.3 is 15.2 Å². The van der Waals surface area contributed by atoms with Gasteiger partial charge in [0.05, 0.1) is 18.2 Å². The first-order valence-corrected chi connectivity index (χ1v) is 14.6. The molecule has 1 aliphatic heterocycles. The van der Waals surface area contributed by atoms with Crippen LogP contribution >= 0.6 is 0 Å². The van der Waals surface area contributed by atoms with E-state index >= 15 is 4.39 Å². The largest absolute Gasteiger partial charge is 0.383 e. The van der Waals surface area contributed by atoms with Gasteiger partial charge in [-0.05, 0) is 61.3 Å². The number of nitrogens with two attached hydrogens (primary N) is 1. The van der Waals surface area contributed by atoms with Crippen molar-refractivity contribution in [2.45, 2.75) is 90.8 Å². The van der Waals surface area contributed by atoms with Crippen LogP contribution in [0, 0.1) is 24.6 Å². The van der Waals surface area contributed by atoms with Crippen LogP contribution in [0.25, 0.3) is 11.3 Å². The molecule has 1 saturated heterocycles. The third-order valence-corrected chi connectivity index (χ3v) is 8.93. The van der Waals surface area contributed by atoms with Gasteiger partial charge in [-0.3, -0.25) is 0 Å². The molecule has 0 bridgehead atoms. The molecule has 3 heterocycles. The highest BCUT2D eigenvalue weighted by Crippen LogP contribution is 2.38. The van der Waals surface area contributed by atoms with Gasteiger partial charge in [0.2, 0.25) is 0 Å². The molecule has 39 heavy (non-hydrogen) atoms. The standard InChI is InChI=1S/C31H42F2N6/c1-19(2)28-29(34)35-18-36-31(28)38-14-12-24(26(33)16-38)30-37-27(23-9-10-25(32)21(4)15-23)17-39(30)13-11-20(3)22-7-5-6-8-22/h9-10,15,17-20,22,24,26H,5-8,11-14,16H2,1-4H3,(H2,34,35,36). The zero-order valence-electron chi connectivity index (χ0n) is 23.7. The molecule has 1 aromatic carbocycles. The summed E-state index contributed by atoms with van der Waals surface area (Å²) < 4.78 is 32.2. The van der Waals surface area contributed by atoms with E-state index in [1.54, 1.807) is 13.0 Å². The third-order valence-electron chi connectivity index (χ3n) is 8.93. The summed E-state index contributed by atoms with van der Waals surface area (Å²) in [5.74, 6) is 2.98. The number of hydrogen-bond acceptors (Lipinski definition) is 5. The second-order valence-corrected chi connectivity index (χ2v) is 12.0. The molecule has 2 N–H and O–H groups in total. The van der Waals surface area contributed by atoms with Gasteiger partial charge in [-0.2, -0.15) is 0 Å². The quantitative estimate of drug-likeness (QED) is 0.334. The lowest BCUT2D eigenvalue weighted by atomic mass is 9.89. The number of aryl methyl sites for hydroxylation is 2. The summed E-state index contributed by atoms with van der Waals surface area (Å²) in [5.41, 5.74) is 9.28. The van der Waals surface area contributed by atoms with Crippen LogP contribution < -0.4 is 10.6 Å². The van der Waals surface area contributed by atoms with Gasteiger partial charge in [0, 0.05) is 30.4 Å². The monoisotopic (exact) mass is 536 g/mol. The second-order valence-electron chi connectivity index (χ2n) is 12.0. The Bertz CT molecular complexity index is 1280. The molecule has 8 heteroatoms. The molecule has 3 atom stereocenters. The highest BCUT2D eigenvalue weighted by molar-refractivity contribution is 5.60. The molecule has 0 amide bonds. The maximum Gasteiger partial charge on any atom is 0.137 e. The predicted octanol–water partition coefficient (Wildman–Crippen LogP) is 7.04. The number of alkyl halides is 1. The van der Waals surface area contributed by atoms with Crippen LogP contribution in [0.5, 0.6) is 0 Å². The number of hydrogen-bond donors (Lipinski definition) is 1. The van der Waals surface area contributed by atoms with Crippen molar-refractivity contribution in [3.8, 4) is 11.3 Å². The first-order chi connectivity index (χ1) is 18.7. The van der Waals surface area contributed by atoms with E-state index in [-0.39, 0.29) is 24.2 Å². The molecule has 2 aliphatic rings. The first-order valence-electron chi connectivity index (χ1n) is 14.6. The van der Waals surface area contributed by atoms with E-state index in [9.17, 15) is 4.39 Å². The van der Waals surface area contributed by atoms with Crippen molar-refractivity contribution < 1.29 is 8.78 Å². The first kappa shape index (κ1) is 27.5. The third kappa shape index (κ3) is 5.80. The number of imidazole rings is 1. The Balaban J connectivity index is 1.41. The van der Waals surface area contributed by atoms with E-state index in [0.717, 1.165) is 47.3 Å². The topological polar surface area (TPSA) is 72.9 Å². The Kier molecular flexibility index (Phi) is 8.19. The Morgan fingerprint density at radius 2 is 1.87 bits per heavy atom. The molecule has 5 rings (SSSR count). The summed E-state index contributed by atoms with van der Waals surface area (Å²) in [4.78, 5) is 15.7. The molecule has 0 radical (unpaired) electrons. The number of aromatic nitrogens is 4. The molecule has 210 valence electrons. The van der Waals surface area contributed by atoms with E-state index in [1.807, 2.05) is 17.2 Å². The minimum Gasteiger partial charge on any atom is -0.383 e. The van der Waals surface area contributed by atoms with Crippen molar-refractivity contribution in [3.05, 3.63) is 53.5 Å². The van der Waals surface area contributed by atoms with Crippen molar-refractivity contribution >= 4 is 11.6 Å². The number of halogens is 2. The van der Waals surface area contributed by atoms with Crippen LogP contribution in [0.4, 0.5) is 20.4 Å². The summed E-state index contributed by atoms with van der Waals surface area (Å²) in [6.45, 7) is 9.94. The van der Waals surface area contributed by atoms with Crippen LogP contribution in [0.2, 0.25) is 0 Å². The molecule has 1 aliphatic carbocycles. The average Bonchev–Trinajstić information content (AvgIpc) is 3.59. The summed E-state index contributed by atoms with van der Waals surface area (Å²) in [5, 5.41) is 0. The fraction of sp³-hybridized carbons (Fsp3) is 0.581. The summed E-state index contributed by atoms with van der Waals surface area (Å²) in [6, 6.07) is 5.08. The van der Waals surface area contributed by atoms with E-state index in [2.05, 4.69) is 35.3 Å². The van der Waals surface area contributed by atoms with Crippen LogP contribution in [0.15, 0.2) is 30.7 Å². The molecule has 1 saturated carbocycles. The Labute approximate surface area is 231 Å².